The van der Waals surface area contributed by atoms with Crippen LogP contribution in [0.15, 0.2) is 29.4 Å². The number of nitrogen functional groups attached to an aromatic ring is 1. The van der Waals surface area contributed by atoms with E-state index in [0.29, 0.717) is 5.16 Å². The van der Waals surface area contributed by atoms with Crippen LogP contribution in [0.2, 0.25) is 0 Å². The molecule has 6 nitrogen and oxygen atoms in total. The molecule has 8 heteroatoms. The summed E-state index contributed by atoms with van der Waals surface area (Å²) >= 11 is 1.25. The summed E-state index contributed by atoms with van der Waals surface area (Å²) in [5, 5.41) is 8.10. The minimum atomic E-state index is -0.414. The summed E-state index contributed by atoms with van der Waals surface area (Å²) in [5.74, 6) is 5.97. The summed E-state index contributed by atoms with van der Waals surface area (Å²) in [6.45, 7) is 6.03. The van der Waals surface area contributed by atoms with Crippen molar-refractivity contribution in [2.24, 2.45) is 0 Å². The molecule has 1 aromatic heterocycles. The van der Waals surface area contributed by atoms with E-state index in [9.17, 15) is 9.18 Å². The van der Waals surface area contributed by atoms with Gasteiger partial charge in [0.1, 0.15) is 5.82 Å². The van der Waals surface area contributed by atoms with Gasteiger partial charge in [0, 0.05) is 12.1 Å². The second kappa shape index (κ2) is 7.65. The van der Waals surface area contributed by atoms with E-state index < -0.39 is 5.82 Å². The first-order valence-corrected chi connectivity index (χ1v) is 9.72. The fraction of sp³-hybridized carbons (Fsp3) is 0.500. The molecule has 2 heterocycles. The molecule has 0 radical (unpaired) electrons. The zero-order valence-corrected chi connectivity index (χ0v) is 16.0. The van der Waals surface area contributed by atoms with Gasteiger partial charge in [-0.2, -0.15) is 0 Å². The minimum Gasteiger partial charge on any atom is -0.336 e. The Morgan fingerprint density at radius 1 is 1.27 bits per heavy atom. The highest BCUT2D eigenvalue weighted by Crippen LogP contribution is 2.30. The standard InChI is InChI=1S/C18H24FN5OS/c1-11-7-6-8-12(2)23(11)17(25)13(3)26-18-22-21-16(24(18)20)14-9-4-5-10-15(14)19/h4-5,9-13H,6-8,20H2,1-3H3/t11-,12-,13-/m1/s1. The highest BCUT2D eigenvalue weighted by molar-refractivity contribution is 8.00. The molecule has 0 aliphatic carbocycles. The van der Waals surface area contributed by atoms with E-state index in [0.717, 1.165) is 19.3 Å². The number of benzene rings is 1. The van der Waals surface area contributed by atoms with E-state index >= 15 is 0 Å². The van der Waals surface area contributed by atoms with Crippen LogP contribution in [0.5, 0.6) is 0 Å². The number of rotatable bonds is 4. The fourth-order valence-electron chi connectivity index (χ4n) is 3.46. The monoisotopic (exact) mass is 377 g/mol. The summed E-state index contributed by atoms with van der Waals surface area (Å²) in [7, 11) is 0. The molecule has 0 unspecified atom stereocenters. The normalized spacial score (nSPS) is 21.6. The van der Waals surface area contributed by atoms with Crippen LogP contribution in [0.3, 0.4) is 0 Å². The Labute approximate surface area is 156 Å². The van der Waals surface area contributed by atoms with Crippen molar-refractivity contribution in [1.82, 2.24) is 19.8 Å². The number of nitrogens with two attached hydrogens (primary N) is 1. The van der Waals surface area contributed by atoms with Gasteiger partial charge in [0.25, 0.3) is 0 Å². The molecule has 0 spiro atoms. The molecule has 1 amide bonds. The average molecular weight is 377 g/mol. The summed E-state index contributed by atoms with van der Waals surface area (Å²) in [6.07, 6.45) is 3.20. The summed E-state index contributed by atoms with van der Waals surface area (Å²) in [6, 6.07) is 6.74. The van der Waals surface area contributed by atoms with Crippen molar-refractivity contribution < 1.29 is 9.18 Å². The maximum Gasteiger partial charge on any atom is 0.236 e. The number of hydrogen-bond acceptors (Lipinski definition) is 5. The van der Waals surface area contributed by atoms with Gasteiger partial charge >= 0.3 is 0 Å². The SMILES string of the molecule is C[C@@H]1CCC[C@@H](C)N1C(=O)[C@@H](C)Sc1nnc(-c2ccccc2F)n1N. The van der Waals surface area contributed by atoms with Crippen LogP contribution in [0.4, 0.5) is 4.39 Å². The van der Waals surface area contributed by atoms with Gasteiger partial charge in [-0.05, 0) is 52.2 Å². The largest absolute Gasteiger partial charge is 0.336 e. The van der Waals surface area contributed by atoms with Gasteiger partial charge in [0.15, 0.2) is 5.82 Å². The van der Waals surface area contributed by atoms with Crippen LogP contribution in [-0.4, -0.2) is 43.0 Å². The van der Waals surface area contributed by atoms with Gasteiger partial charge in [-0.3, -0.25) is 4.79 Å². The predicted molar refractivity (Wildman–Crippen MR) is 101 cm³/mol. The number of carbonyl (C=O) groups is 1. The second-order valence-corrected chi connectivity index (χ2v) is 8.10. The first kappa shape index (κ1) is 18.7. The predicted octanol–water partition coefficient (Wildman–Crippen LogP) is 3.07. The van der Waals surface area contributed by atoms with E-state index in [4.69, 9.17) is 5.84 Å². The lowest BCUT2D eigenvalue weighted by Gasteiger charge is -2.40. The highest BCUT2D eigenvalue weighted by Gasteiger charge is 2.32. The number of nitrogens with zero attached hydrogens (tertiary/aromatic N) is 4. The Morgan fingerprint density at radius 2 is 1.92 bits per heavy atom. The third kappa shape index (κ3) is 3.56. The van der Waals surface area contributed by atoms with Crippen LogP contribution in [0.1, 0.15) is 40.0 Å². The van der Waals surface area contributed by atoms with Crippen molar-refractivity contribution in [3.8, 4) is 11.4 Å². The fourth-order valence-corrected chi connectivity index (χ4v) is 4.28. The average Bonchev–Trinajstić information content (AvgIpc) is 2.95. The molecule has 1 aliphatic heterocycles. The Bertz CT molecular complexity index is 786. The first-order valence-electron chi connectivity index (χ1n) is 8.84. The van der Waals surface area contributed by atoms with Gasteiger partial charge in [0.2, 0.25) is 11.1 Å². The van der Waals surface area contributed by atoms with Crippen molar-refractivity contribution >= 4 is 17.7 Å². The van der Waals surface area contributed by atoms with E-state index in [-0.39, 0.29) is 34.6 Å². The van der Waals surface area contributed by atoms with Crippen molar-refractivity contribution in [3.05, 3.63) is 30.1 Å². The number of likely N-dealkylation sites (tertiary alicyclic amines) is 1. The number of carbonyl (C=O) groups excluding carboxylic acids is 1. The number of hydrogen-bond donors (Lipinski definition) is 1. The Balaban J connectivity index is 1.77. The third-order valence-electron chi connectivity index (χ3n) is 4.86. The van der Waals surface area contributed by atoms with Crippen LogP contribution >= 0.6 is 11.8 Å². The molecule has 2 aromatic rings. The number of aromatic nitrogens is 3. The summed E-state index contributed by atoms with van der Waals surface area (Å²) < 4.78 is 15.2. The van der Waals surface area contributed by atoms with Crippen LogP contribution in [0, 0.1) is 5.82 Å². The minimum absolute atomic E-state index is 0.0742. The quantitative estimate of drug-likeness (QED) is 0.654. The molecule has 1 aliphatic rings. The molecule has 0 bridgehead atoms. The lowest BCUT2D eigenvalue weighted by Crippen LogP contribution is -2.50. The molecule has 140 valence electrons. The Hall–Kier alpha value is -2.09. The molecule has 3 rings (SSSR count). The van der Waals surface area contributed by atoms with Crippen molar-refractivity contribution in [2.45, 2.75) is 62.5 Å². The first-order chi connectivity index (χ1) is 12.4. The van der Waals surface area contributed by atoms with E-state index in [2.05, 4.69) is 24.0 Å². The van der Waals surface area contributed by atoms with E-state index in [1.807, 2.05) is 11.8 Å². The van der Waals surface area contributed by atoms with E-state index in [1.54, 1.807) is 18.2 Å². The smallest absolute Gasteiger partial charge is 0.236 e. The highest BCUT2D eigenvalue weighted by atomic mass is 32.2. The van der Waals surface area contributed by atoms with Gasteiger partial charge < -0.3 is 10.7 Å². The summed E-state index contributed by atoms with van der Waals surface area (Å²) in [4.78, 5) is 14.9. The molecule has 1 saturated heterocycles. The molecule has 26 heavy (non-hydrogen) atoms. The lowest BCUT2D eigenvalue weighted by atomic mass is 9.97. The van der Waals surface area contributed by atoms with Gasteiger partial charge in [-0.25, -0.2) is 9.07 Å². The van der Waals surface area contributed by atoms with Gasteiger partial charge in [-0.1, -0.05) is 23.9 Å². The third-order valence-corrected chi connectivity index (χ3v) is 5.90. The Morgan fingerprint density at radius 3 is 2.58 bits per heavy atom. The molecule has 0 saturated carbocycles. The maximum absolute atomic E-state index is 14.0. The zero-order chi connectivity index (χ0) is 18.8. The zero-order valence-electron chi connectivity index (χ0n) is 15.2. The van der Waals surface area contributed by atoms with Crippen molar-refractivity contribution in [3.63, 3.8) is 0 Å². The van der Waals surface area contributed by atoms with Crippen molar-refractivity contribution in [2.75, 3.05) is 5.84 Å². The maximum atomic E-state index is 14.0. The van der Waals surface area contributed by atoms with Crippen LogP contribution in [0.25, 0.3) is 11.4 Å². The number of piperidine rings is 1. The number of amides is 1. The second-order valence-electron chi connectivity index (χ2n) is 6.79. The molecule has 2 N–H and O–H groups in total. The van der Waals surface area contributed by atoms with Gasteiger partial charge in [-0.15, -0.1) is 10.2 Å². The number of halogens is 1. The molecule has 3 atom stereocenters. The molecular formula is C18H24FN5OS. The number of thioether (sulfide) groups is 1. The summed E-state index contributed by atoms with van der Waals surface area (Å²) in [5.41, 5.74) is 0.284. The lowest BCUT2D eigenvalue weighted by molar-refractivity contribution is -0.136. The molecule has 1 aromatic carbocycles. The Kier molecular flexibility index (Phi) is 5.50. The molecular weight excluding hydrogens is 353 g/mol. The van der Waals surface area contributed by atoms with Gasteiger partial charge in [0.05, 0.1) is 10.8 Å². The van der Waals surface area contributed by atoms with Crippen LogP contribution < -0.4 is 5.84 Å². The van der Waals surface area contributed by atoms with Crippen LogP contribution in [-0.2, 0) is 4.79 Å². The topological polar surface area (TPSA) is 77.0 Å². The molecule has 1 fully saturated rings. The van der Waals surface area contributed by atoms with E-state index in [1.165, 1.54) is 22.5 Å². The van der Waals surface area contributed by atoms with Crippen molar-refractivity contribution in [1.29, 1.82) is 0 Å².